The third-order valence-corrected chi connectivity index (χ3v) is 4.23. The molecular weight excluding hydrogens is 324 g/mol. The van der Waals surface area contributed by atoms with Crippen LogP contribution >= 0.6 is 11.6 Å². The topological polar surface area (TPSA) is 51.1 Å². The molecule has 3 aromatic rings. The molecular formula is C19H17ClN2O2. The predicted molar refractivity (Wildman–Crippen MR) is 97.0 cm³/mol. The molecule has 2 aromatic carbocycles. The van der Waals surface area contributed by atoms with Gasteiger partial charge in [0.15, 0.2) is 0 Å². The number of hydrogen-bond acceptors (Lipinski definition) is 2. The van der Waals surface area contributed by atoms with Crippen LogP contribution in [-0.2, 0) is 6.42 Å². The highest BCUT2D eigenvalue weighted by atomic mass is 35.5. The van der Waals surface area contributed by atoms with Crippen LogP contribution in [0.1, 0.15) is 34.6 Å². The summed E-state index contributed by atoms with van der Waals surface area (Å²) in [5.41, 5.74) is 2.92. The minimum atomic E-state index is -0.261. The molecule has 0 bridgehead atoms. The molecule has 0 atom stereocenters. The number of rotatable bonds is 3. The van der Waals surface area contributed by atoms with E-state index in [4.69, 9.17) is 11.6 Å². The second-order valence-electron chi connectivity index (χ2n) is 5.56. The number of amides is 1. The van der Waals surface area contributed by atoms with Crippen molar-refractivity contribution in [3.8, 4) is 0 Å². The molecule has 3 rings (SSSR count). The van der Waals surface area contributed by atoms with Gasteiger partial charge in [0.25, 0.3) is 5.91 Å². The number of halogens is 1. The molecule has 1 amide bonds. The van der Waals surface area contributed by atoms with Crippen molar-refractivity contribution in [1.29, 1.82) is 0 Å². The van der Waals surface area contributed by atoms with Crippen LogP contribution in [0.5, 0.6) is 0 Å². The van der Waals surface area contributed by atoms with E-state index in [1.807, 2.05) is 31.2 Å². The first-order chi connectivity index (χ1) is 11.5. The predicted octanol–water partition coefficient (Wildman–Crippen LogP) is 4.77. The number of fused-ring (bicyclic) bond motifs is 1. The largest absolute Gasteiger partial charge is 0.322 e. The Morgan fingerprint density at radius 3 is 2.62 bits per heavy atom. The highest BCUT2D eigenvalue weighted by Crippen LogP contribution is 2.26. The normalized spacial score (nSPS) is 10.8. The van der Waals surface area contributed by atoms with Crippen molar-refractivity contribution in [2.24, 2.45) is 0 Å². The molecule has 4 nitrogen and oxygen atoms in total. The summed E-state index contributed by atoms with van der Waals surface area (Å²) in [5, 5.41) is 4.11. The number of carbonyl (C=O) groups is 2. The Kier molecular flexibility index (Phi) is 4.40. The van der Waals surface area contributed by atoms with Gasteiger partial charge in [-0.05, 0) is 36.2 Å². The summed E-state index contributed by atoms with van der Waals surface area (Å²) in [6.45, 7) is 3.49. The first-order valence-electron chi connectivity index (χ1n) is 7.72. The Morgan fingerprint density at radius 1 is 1.17 bits per heavy atom. The molecule has 5 heteroatoms. The molecule has 0 unspecified atom stereocenters. The molecule has 0 aliphatic carbocycles. The lowest BCUT2D eigenvalue weighted by Gasteiger charge is -2.09. The van der Waals surface area contributed by atoms with Crippen LogP contribution < -0.4 is 5.32 Å². The van der Waals surface area contributed by atoms with Gasteiger partial charge in [-0.3, -0.25) is 14.2 Å². The van der Waals surface area contributed by atoms with Crippen LogP contribution in [0, 0.1) is 0 Å². The van der Waals surface area contributed by atoms with E-state index in [-0.39, 0.29) is 11.8 Å². The third kappa shape index (κ3) is 2.93. The third-order valence-electron chi connectivity index (χ3n) is 4.00. The van der Waals surface area contributed by atoms with E-state index >= 15 is 0 Å². The number of carbonyl (C=O) groups excluding carboxylic acids is 2. The maximum Gasteiger partial charge on any atom is 0.257 e. The number of para-hydroxylation sites is 1. The van der Waals surface area contributed by atoms with Gasteiger partial charge in [-0.1, -0.05) is 36.7 Å². The monoisotopic (exact) mass is 340 g/mol. The second kappa shape index (κ2) is 6.49. The maximum atomic E-state index is 12.8. The van der Waals surface area contributed by atoms with E-state index in [0.29, 0.717) is 21.5 Å². The maximum absolute atomic E-state index is 12.8. The first kappa shape index (κ1) is 16.3. The number of nitrogens with one attached hydrogen (secondary N) is 1. The van der Waals surface area contributed by atoms with Gasteiger partial charge < -0.3 is 5.32 Å². The van der Waals surface area contributed by atoms with Crippen LogP contribution in [0.4, 0.5) is 5.69 Å². The quantitative estimate of drug-likeness (QED) is 0.746. The standard InChI is InChI=1S/C19H17ClN2O2/c1-3-13-6-4-5-7-17(13)21-19(24)16-11-22(12(2)23)18-9-8-14(20)10-15(16)18/h4-11H,3H2,1-2H3,(H,21,24). The number of aromatic nitrogens is 1. The molecule has 24 heavy (non-hydrogen) atoms. The number of hydrogen-bond donors (Lipinski definition) is 1. The summed E-state index contributed by atoms with van der Waals surface area (Å²) in [4.78, 5) is 24.6. The second-order valence-corrected chi connectivity index (χ2v) is 5.99. The summed E-state index contributed by atoms with van der Waals surface area (Å²) in [7, 11) is 0. The van der Waals surface area contributed by atoms with Gasteiger partial charge in [-0.15, -0.1) is 0 Å². The summed E-state index contributed by atoms with van der Waals surface area (Å²) >= 11 is 6.07. The smallest absolute Gasteiger partial charge is 0.257 e. The fourth-order valence-electron chi connectivity index (χ4n) is 2.78. The zero-order valence-electron chi connectivity index (χ0n) is 13.5. The molecule has 1 N–H and O–H groups in total. The number of nitrogens with zero attached hydrogens (tertiary/aromatic N) is 1. The molecule has 0 saturated heterocycles. The van der Waals surface area contributed by atoms with Crippen LogP contribution in [0.25, 0.3) is 10.9 Å². The summed E-state index contributed by atoms with van der Waals surface area (Å²) in [6.07, 6.45) is 2.38. The molecule has 0 aliphatic heterocycles. The van der Waals surface area contributed by atoms with Gasteiger partial charge in [0.1, 0.15) is 0 Å². The molecule has 0 radical (unpaired) electrons. The van der Waals surface area contributed by atoms with Gasteiger partial charge in [0.05, 0.1) is 11.1 Å². The van der Waals surface area contributed by atoms with E-state index < -0.39 is 0 Å². The van der Waals surface area contributed by atoms with Gasteiger partial charge in [-0.2, -0.15) is 0 Å². The minimum absolute atomic E-state index is 0.157. The van der Waals surface area contributed by atoms with Gasteiger partial charge in [0.2, 0.25) is 5.91 Å². The van der Waals surface area contributed by atoms with Crippen molar-refractivity contribution >= 4 is 40.0 Å². The van der Waals surface area contributed by atoms with Crippen molar-refractivity contribution in [2.75, 3.05) is 5.32 Å². The lowest BCUT2D eigenvalue weighted by molar-refractivity contribution is 0.0941. The van der Waals surface area contributed by atoms with E-state index in [0.717, 1.165) is 17.7 Å². The minimum Gasteiger partial charge on any atom is -0.322 e. The van der Waals surface area contributed by atoms with Crippen LogP contribution in [0.15, 0.2) is 48.7 Å². The highest BCUT2D eigenvalue weighted by Gasteiger charge is 2.18. The molecule has 0 spiro atoms. The summed E-state index contributed by atoms with van der Waals surface area (Å²) in [5.74, 6) is -0.418. The summed E-state index contributed by atoms with van der Waals surface area (Å²) in [6, 6.07) is 12.8. The van der Waals surface area contributed by atoms with Crippen LogP contribution in [-0.4, -0.2) is 16.4 Å². The molecule has 0 saturated carbocycles. The average Bonchev–Trinajstić information content (AvgIpc) is 2.94. The Bertz CT molecular complexity index is 944. The Hall–Kier alpha value is -2.59. The number of benzene rings is 2. The molecule has 1 aromatic heterocycles. The van der Waals surface area contributed by atoms with Crippen molar-refractivity contribution < 1.29 is 9.59 Å². The molecule has 122 valence electrons. The van der Waals surface area contributed by atoms with Gasteiger partial charge in [0, 0.05) is 29.2 Å². The zero-order valence-corrected chi connectivity index (χ0v) is 14.2. The fraction of sp³-hybridized carbons (Fsp3) is 0.158. The highest BCUT2D eigenvalue weighted by molar-refractivity contribution is 6.31. The number of anilines is 1. The van der Waals surface area contributed by atoms with E-state index in [2.05, 4.69) is 5.32 Å². The number of aryl methyl sites for hydroxylation is 1. The van der Waals surface area contributed by atoms with Gasteiger partial charge in [-0.25, -0.2) is 0 Å². The van der Waals surface area contributed by atoms with Crippen molar-refractivity contribution in [1.82, 2.24) is 4.57 Å². The average molecular weight is 341 g/mol. The Labute approximate surface area is 145 Å². The lowest BCUT2D eigenvalue weighted by Crippen LogP contribution is -2.13. The van der Waals surface area contributed by atoms with E-state index in [9.17, 15) is 9.59 Å². The van der Waals surface area contributed by atoms with E-state index in [1.54, 1.807) is 24.4 Å². The Balaban J connectivity index is 2.07. The van der Waals surface area contributed by atoms with Crippen molar-refractivity contribution in [2.45, 2.75) is 20.3 Å². The van der Waals surface area contributed by atoms with Crippen LogP contribution in [0.3, 0.4) is 0 Å². The molecule has 0 fully saturated rings. The fourth-order valence-corrected chi connectivity index (χ4v) is 2.96. The van der Waals surface area contributed by atoms with Crippen molar-refractivity contribution in [3.63, 3.8) is 0 Å². The Morgan fingerprint density at radius 2 is 1.92 bits per heavy atom. The zero-order chi connectivity index (χ0) is 17.3. The first-order valence-corrected chi connectivity index (χ1v) is 8.10. The van der Waals surface area contributed by atoms with E-state index in [1.165, 1.54) is 11.5 Å². The molecule has 0 aliphatic rings. The SMILES string of the molecule is CCc1ccccc1NC(=O)c1cn(C(C)=O)c2ccc(Cl)cc12. The van der Waals surface area contributed by atoms with Crippen LogP contribution in [0.2, 0.25) is 5.02 Å². The van der Waals surface area contributed by atoms with Gasteiger partial charge >= 0.3 is 0 Å². The lowest BCUT2D eigenvalue weighted by atomic mass is 10.1. The van der Waals surface area contributed by atoms with Crippen molar-refractivity contribution in [3.05, 3.63) is 64.8 Å². The summed E-state index contributed by atoms with van der Waals surface area (Å²) < 4.78 is 1.46. The molecule has 1 heterocycles.